The summed E-state index contributed by atoms with van der Waals surface area (Å²) in [6.07, 6.45) is 0. The molecule has 0 spiro atoms. The molecule has 1 N–H and O–H groups in total. The summed E-state index contributed by atoms with van der Waals surface area (Å²) in [5.74, 6) is 0.382. The van der Waals surface area contributed by atoms with Crippen molar-refractivity contribution in [2.45, 2.75) is 0 Å². The lowest BCUT2D eigenvalue weighted by Crippen LogP contribution is -2.12. The summed E-state index contributed by atoms with van der Waals surface area (Å²) in [5.41, 5.74) is 1.96. The monoisotopic (exact) mass is 456 g/mol. The van der Waals surface area contributed by atoms with Crippen LogP contribution in [0.5, 0.6) is 5.75 Å². The van der Waals surface area contributed by atoms with Crippen LogP contribution in [0.4, 0.5) is 5.13 Å². The Morgan fingerprint density at radius 3 is 2.80 bits per heavy atom. The lowest BCUT2D eigenvalue weighted by molar-refractivity contribution is 0.102. The highest BCUT2D eigenvalue weighted by atomic mass is 79.9. The molecule has 0 unspecified atom stereocenters. The van der Waals surface area contributed by atoms with E-state index in [4.69, 9.17) is 27.9 Å². The predicted octanol–water partition coefficient (Wildman–Crippen LogP) is 6.14. The van der Waals surface area contributed by atoms with Gasteiger partial charge in [0.2, 0.25) is 0 Å². The molecule has 0 radical (unpaired) electrons. The number of hydrogen-bond acceptors (Lipinski definition) is 4. The number of anilines is 1. The lowest BCUT2D eigenvalue weighted by Gasteiger charge is -2.05. The molecule has 0 saturated carbocycles. The number of hydrogen-bond donors (Lipinski definition) is 1. The number of nitrogens with one attached hydrogen (secondary N) is 1. The zero-order valence-corrected chi connectivity index (χ0v) is 16.8. The molecule has 25 heavy (non-hydrogen) atoms. The molecule has 4 nitrogen and oxygen atoms in total. The van der Waals surface area contributed by atoms with E-state index in [0.717, 1.165) is 21.5 Å². The Morgan fingerprint density at radius 1 is 1.28 bits per heavy atom. The smallest absolute Gasteiger partial charge is 0.259 e. The van der Waals surface area contributed by atoms with Crippen molar-refractivity contribution >= 4 is 61.5 Å². The number of amides is 1. The minimum atomic E-state index is -0.357. The van der Waals surface area contributed by atoms with Crippen molar-refractivity contribution in [2.24, 2.45) is 0 Å². The number of carbonyl (C=O) groups excluding carboxylic acids is 1. The number of aromatic nitrogens is 1. The second kappa shape index (κ2) is 7.74. The summed E-state index contributed by atoms with van der Waals surface area (Å²) in [6, 6.07) is 10.6. The van der Waals surface area contributed by atoms with Crippen molar-refractivity contribution < 1.29 is 9.53 Å². The summed E-state index contributed by atoms with van der Waals surface area (Å²) < 4.78 is 6.05. The average molecular weight is 458 g/mol. The van der Waals surface area contributed by atoms with Crippen molar-refractivity contribution in [3.8, 4) is 17.0 Å². The van der Waals surface area contributed by atoms with Gasteiger partial charge in [-0.05, 0) is 46.3 Å². The van der Waals surface area contributed by atoms with Crippen molar-refractivity contribution in [3.63, 3.8) is 0 Å². The Labute approximate surface area is 166 Å². The topological polar surface area (TPSA) is 51.2 Å². The molecule has 0 bridgehead atoms. The van der Waals surface area contributed by atoms with E-state index in [1.165, 1.54) is 11.3 Å². The van der Waals surface area contributed by atoms with E-state index >= 15 is 0 Å². The molecule has 0 aliphatic carbocycles. The fraction of sp³-hybridized carbons (Fsp3) is 0.0588. The van der Waals surface area contributed by atoms with Crippen LogP contribution in [0.1, 0.15) is 10.4 Å². The summed E-state index contributed by atoms with van der Waals surface area (Å²) >= 11 is 16.8. The highest BCUT2D eigenvalue weighted by Crippen LogP contribution is 2.32. The van der Waals surface area contributed by atoms with Crippen LogP contribution in [-0.4, -0.2) is 18.0 Å². The summed E-state index contributed by atoms with van der Waals surface area (Å²) in [7, 11) is 1.61. The first-order valence-corrected chi connectivity index (χ1v) is 9.47. The molecule has 0 saturated heterocycles. The van der Waals surface area contributed by atoms with E-state index in [9.17, 15) is 4.79 Å². The van der Waals surface area contributed by atoms with Gasteiger partial charge in [-0.2, -0.15) is 0 Å². The maximum Gasteiger partial charge on any atom is 0.259 e. The van der Waals surface area contributed by atoms with Gasteiger partial charge in [-0.25, -0.2) is 4.98 Å². The lowest BCUT2D eigenvalue weighted by atomic mass is 10.2. The minimum Gasteiger partial charge on any atom is -0.496 e. The van der Waals surface area contributed by atoms with Gasteiger partial charge in [0.15, 0.2) is 5.13 Å². The second-order valence-electron chi connectivity index (χ2n) is 4.94. The normalized spacial score (nSPS) is 10.6. The number of nitrogens with zero attached hydrogens (tertiary/aromatic N) is 1. The van der Waals surface area contributed by atoms with E-state index in [-0.39, 0.29) is 10.9 Å². The number of thiazole rings is 1. The molecule has 128 valence electrons. The van der Waals surface area contributed by atoms with E-state index in [1.807, 2.05) is 23.6 Å². The third-order valence-electron chi connectivity index (χ3n) is 3.37. The molecule has 1 heterocycles. The molecular formula is C17H11BrCl2N2O2S. The maximum absolute atomic E-state index is 12.4. The largest absolute Gasteiger partial charge is 0.496 e. The Hall–Kier alpha value is -1.60. The van der Waals surface area contributed by atoms with Crippen molar-refractivity contribution in [2.75, 3.05) is 12.4 Å². The Bertz CT molecular complexity index is 946. The van der Waals surface area contributed by atoms with Crippen molar-refractivity contribution in [3.05, 3.63) is 61.9 Å². The van der Waals surface area contributed by atoms with Crippen LogP contribution in [0.3, 0.4) is 0 Å². The van der Waals surface area contributed by atoms with Gasteiger partial charge in [0.25, 0.3) is 5.91 Å². The summed E-state index contributed by atoms with van der Waals surface area (Å²) in [4.78, 5) is 16.8. The number of rotatable bonds is 4. The van der Waals surface area contributed by atoms with Crippen LogP contribution >= 0.6 is 50.5 Å². The van der Waals surface area contributed by atoms with Gasteiger partial charge in [-0.15, -0.1) is 11.3 Å². The van der Waals surface area contributed by atoms with Gasteiger partial charge in [-0.3, -0.25) is 10.1 Å². The van der Waals surface area contributed by atoms with Crippen LogP contribution in [0, 0.1) is 0 Å². The minimum absolute atomic E-state index is 0.220. The number of benzene rings is 2. The molecule has 0 aliphatic heterocycles. The zero-order valence-electron chi connectivity index (χ0n) is 12.8. The first kappa shape index (κ1) is 18.2. The third kappa shape index (κ3) is 3.98. The standard InChI is InChI=1S/C17H11BrCl2N2O2S/c1-24-14-6-5-9(7-11(14)18)13-8-25-17(21-13)22-16(23)10-3-2-4-12(19)15(10)20/h2-8H,1H3,(H,21,22,23). The molecule has 3 rings (SSSR count). The average Bonchev–Trinajstić information content (AvgIpc) is 3.05. The van der Waals surface area contributed by atoms with Gasteiger partial charge in [0.1, 0.15) is 5.75 Å². The molecule has 8 heteroatoms. The fourth-order valence-electron chi connectivity index (χ4n) is 2.13. The first-order chi connectivity index (χ1) is 12.0. The van der Waals surface area contributed by atoms with Crippen LogP contribution in [0.25, 0.3) is 11.3 Å². The van der Waals surface area contributed by atoms with Crippen LogP contribution < -0.4 is 10.1 Å². The van der Waals surface area contributed by atoms with Gasteiger partial charge >= 0.3 is 0 Å². The van der Waals surface area contributed by atoms with Crippen LogP contribution in [0.2, 0.25) is 10.0 Å². The Morgan fingerprint density at radius 2 is 2.08 bits per heavy atom. The molecule has 0 aliphatic rings. The highest BCUT2D eigenvalue weighted by Gasteiger charge is 2.15. The summed E-state index contributed by atoms with van der Waals surface area (Å²) in [6.45, 7) is 0. The molecule has 0 atom stereocenters. The number of halogens is 3. The SMILES string of the molecule is COc1ccc(-c2csc(NC(=O)c3cccc(Cl)c3Cl)n2)cc1Br. The van der Waals surface area contributed by atoms with Gasteiger partial charge in [0.05, 0.1) is 32.9 Å². The summed E-state index contributed by atoms with van der Waals surface area (Å²) in [5, 5.41) is 5.63. The van der Waals surface area contributed by atoms with Crippen LogP contribution in [0.15, 0.2) is 46.3 Å². The number of methoxy groups -OCH3 is 1. The second-order valence-corrected chi connectivity index (χ2v) is 7.44. The molecule has 0 fully saturated rings. The first-order valence-electron chi connectivity index (χ1n) is 7.04. The quantitative estimate of drug-likeness (QED) is 0.511. The fourth-order valence-corrected chi connectivity index (χ4v) is 3.77. The molecule has 1 aromatic heterocycles. The molecule has 2 aromatic carbocycles. The van der Waals surface area contributed by atoms with E-state index < -0.39 is 0 Å². The molecule has 3 aromatic rings. The van der Waals surface area contributed by atoms with E-state index in [1.54, 1.807) is 25.3 Å². The van der Waals surface area contributed by atoms with Gasteiger partial charge in [0, 0.05) is 10.9 Å². The van der Waals surface area contributed by atoms with Crippen molar-refractivity contribution in [1.82, 2.24) is 4.98 Å². The van der Waals surface area contributed by atoms with Crippen LogP contribution in [-0.2, 0) is 0 Å². The highest BCUT2D eigenvalue weighted by molar-refractivity contribution is 9.10. The maximum atomic E-state index is 12.4. The zero-order chi connectivity index (χ0) is 18.0. The third-order valence-corrected chi connectivity index (χ3v) is 5.56. The number of ether oxygens (including phenoxy) is 1. The molecular weight excluding hydrogens is 447 g/mol. The number of carbonyl (C=O) groups is 1. The van der Waals surface area contributed by atoms with Crippen molar-refractivity contribution in [1.29, 1.82) is 0 Å². The van der Waals surface area contributed by atoms with Gasteiger partial charge < -0.3 is 4.74 Å². The van der Waals surface area contributed by atoms with Gasteiger partial charge in [-0.1, -0.05) is 29.3 Å². The molecule has 1 amide bonds. The van der Waals surface area contributed by atoms with E-state index in [0.29, 0.717) is 15.7 Å². The predicted molar refractivity (Wildman–Crippen MR) is 106 cm³/mol. The Balaban J connectivity index is 1.81. The van der Waals surface area contributed by atoms with E-state index in [2.05, 4.69) is 26.2 Å². The Kier molecular flexibility index (Phi) is 5.64.